The van der Waals surface area contributed by atoms with Gasteiger partial charge in [-0.1, -0.05) is 38.1 Å². The highest BCUT2D eigenvalue weighted by atomic mass is 16.4. The lowest BCUT2D eigenvalue weighted by atomic mass is 9.90. The molecule has 5 nitrogen and oxygen atoms in total. The Morgan fingerprint density at radius 1 is 1.33 bits per heavy atom. The van der Waals surface area contributed by atoms with Gasteiger partial charge in [0.1, 0.15) is 11.6 Å². The summed E-state index contributed by atoms with van der Waals surface area (Å²) in [6.45, 7) is 4.27. The quantitative estimate of drug-likeness (QED) is 0.770. The summed E-state index contributed by atoms with van der Waals surface area (Å²) in [4.78, 5) is 24.1. The highest BCUT2D eigenvalue weighted by molar-refractivity contribution is 5.90. The Labute approximate surface area is 124 Å². The van der Waals surface area contributed by atoms with Crippen LogP contribution in [0.3, 0.4) is 0 Å². The second-order valence-electron chi connectivity index (χ2n) is 5.42. The van der Waals surface area contributed by atoms with Gasteiger partial charge in [-0.25, -0.2) is 4.79 Å². The number of fused-ring (bicyclic) bond motifs is 1. The lowest BCUT2D eigenvalue weighted by Gasteiger charge is -2.32. The fourth-order valence-corrected chi connectivity index (χ4v) is 2.83. The van der Waals surface area contributed by atoms with E-state index in [0.717, 1.165) is 17.5 Å². The van der Waals surface area contributed by atoms with Crippen molar-refractivity contribution in [2.75, 3.05) is 6.54 Å². The monoisotopic (exact) mass is 290 g/mol. The van der Waals surface area contributed by atoms with Crippen molar-refractivity contribution in [3.05, 3.63) is 35.4 Å². The van der Waals surface area contributed by atoms with Crippen molar-refractivity contribution in [3.63, 3.8) is 0 Å². The van der Waals surface area contributed by atoms with Crippen LogP contribution in [0.1, 0.15) is 43.9 Å². The van der Waals surface area contributed by atoms with Crippen molar-refractivity contribution in [2.24, 2.45) is 0 Å². The maximum atomic E-state index is 12.6. The van der Waals surface area contributed by atoms with Crippen LogP contribution in [0.15, 0.2) is 24.3 Å². The zero-order chi connectivity index (χ0) is 15.5. The first-order valence-corrected chi connectivity index (χ1v) is 7.40. The van der Waals surface area contributed by atoms with Gasteiger partial charge in [0.05, 0.1) is 0 Å². The van der Waals surface area contributed by atoms with Gasteiger partial charge >= 0.3 is 5.97 Å². The number of aliphatic carboxylic acids is 1. The number of carboxylic acid groups (broad SMARTS) is 1. The van der Waals surface area contributed by atoms with Gasteiger partial charge in [0.2, 0.25) is 5.91 Å². The molecule has 0 aromatic heterocycles. The molecular weight excluding hydrogens is 268 g/mol. The second kappa shape index (κ2) is 6.26. The molecule has 0 radical (unpaired) electrons. The third-order valence-electron chi connectivity index (χ3n) is 4.35. The molecule has 0 saturated heterocycles. The summed E-state index contributed by atoms with van der Waals surface area (Å²) in [5, 5.41) is 15.3. The van der Waals surface area contributed by atoms with E-state index >= 15 is 0 Å². The van der Waals surface area contributed by atoms with Crippen LogP contribution >= 0.6 is 0 Å². The van der Waals surface area contributed by atoms with E-state index in [1.54, 1.807) is 13.8 Å². The first-order valence-electron chi connectivity index (χ1n) is 7.40. The van der Waals surface area contributed by atoms with E-state index in [-0.39, 0.29) is 5.91 Å². The first kappa shape index (κ1) is 15.5. The molecule has 1 atom stereocenters. The van der Waals surface area contributed by atoms with Gasteiger partial charge < -0.3 is 15.7 Å². The van der Waals surface area contributed by atoms with Crippen molar-refractivity contribution < 1.29 is 14.7 Å². The van der Waals surface area contributed by atoms with Crippen molar-refractivity contribution in [1.82, 2.24) is 10.6 Å². The van der Waals surface area contributed by atoms with Crippen molar-refractivity contribution in [3.8, 4) is 0 Å². The molecule has 0 spiro atoms. The van der Waals surface area contributed by atoms with Crippen LogP contribution in [-0.2, 0) is 16.0 Å². The van der Waals surface area contributed by atoms with E-state index in [0.29, 0.717) is 19.4 Å². The molecule has 1 amide bonds. The van der Waals surface area contributed by atoms with Crippen LogP contribution in [0.25, 0.3) is 0 Å². The summed E-state index contributed by atoms with van der Waals surface area (Å²) in [6, 6.07) is 7.31. The molecule has 1 aromatic carbocycles. The minimum absolute atomic E-state index is 0.270. The van der Waals surface area contributed by atoms with Crippen LogP contribution in [0, 0.1) is 0 Å². The number of hydrogen-bond donors (Lipinski definition) is 3. The molecule has 114 valence electrons. The lowest BCUT2D eigenvalue weighted by Crippen LogP contribution is -2.56. The van der Waals surface area contributed by atoms with Gasteiger partial charge in [0.25, 0.3) is 0 Å². The van der Waals surface area contributed by atoms with Crippen LogP contribution in [0.5, 0.6) is 0 Å². The number of benzene rings is 1. The van der Waals surface area contributed by atoms with Gasteiger partial charge in [-0.2, -0.15) is 0 Å². The molecule has 1 aliphatic rings. The summed E-state index contributed by atoms with van der Waals surface area (Å²) in [6.07, 6.45) is 1.60. The summed E-state index contributed by atoms with van der Waals surface area (Å²) < 4.78 is 0. The molecule has 1 heterocycles. The van der Waals surface area contributed by atoms with Crippen LogP contribution in [0.2, 0.25) is 0 Å². The Morgan fingerprint density at radius 3 is 2.62 bits per heavy atom. The van der Waals surface area contributed by atoms with E-state index in [9.17, 15) is 14.7 Å². The smallest absolute Gasteiger partial charge is 0.329 e. The third kappa shape index (κ3) is 2.93. The largest absolute Gasteiger partial charge is 0.480 e. The van der Waals surface area contributed by atoms with Crippen LogP contribution in [-0.4, -0.2) is 29.1 Å². The van der Waals surface area contributed by atoms with Crippen LogP contribution in [0.4, 0.5) is 0 Å². The molecule has 21 heavy (non-hydrogen) atoms. The lowest BCUT2D eigenvalue weighted by molar-refractivity contribution is -0.148. The SMILES string of the molecule is CCC(CC)(NC(=O)C1NCCc2ccccc21)C(=O)O. The fraction of sp³-hybridized carbons (Fsp3) is 0.500. The highest BCUT2D eigenvalue weighted by Crippen LogP contribution is 2.24. The van der Waals surface area contributed by atoms with Crippen molar-refractivity contribution >= 4 is 11.9 Å². The number of amides is 1. The van der Waals surface area contributed by atoms with Gasteiger partial charge in [0.15, 0.2) is 0 Å². The predicted octanol–water partition coefficient (Wildman–Crippen LogP) is 1.63. The Bertz CT molecular complexity index is 538. The molecular formula is C16H22N2O3. The molecule has 0 aliphatic carbocycles. The van der Waals surface area contributed by atoms with Crippen molar-refractivity contribution in [1.29, 1.82) is 0 Å². The average molecular weight is 290 g/mol. The first-order chi connectivity index (χ1) is 10.0. The minimum Gasteiger partial charge on any atom is -0.480 e. The molecule has 0 saturated carbocycles. The molecule has 0 bridgehead atoms. The zero-order valence-corrected chi connectivity index (χ0v) is 12.5. The van der Waals surface area contributed by atoms with Crippen molar-refractivity contribution in [2.45, 2.75) is 44.7 Å². The number of carbonyl (C=O) groups excluding carboxylic acids is 1. The van der Waals surface area contributed by atoms with Gasteiger partial charge in [-0.3, -0.25) is 4.79 Å². The predicted molar refractivity (Wildman–Crippen MR) is 80.0 cm³/mol. The summed E-state index contributed by atoms with van der Waals surface area (Å²) >= 11 is 0. The number of nitrogens with one attached hydrogen (secondary N) is 2. The Kier molecular flexibility index (Phi) is 4.63. The van der Waals surface area contributed by atoms with Gasteiger partial charge in [-0.15, -0.1) is 0 Å². The average Bonchev–Trinajstić information content (AvgIpc) is 2.51. The van der Waals surface area contributed by atoms with E-state index < -0.39 is 17.6 Å². The summed E-state index contributed by atoms with van der Waals surface area (Å²) in [5.41, 5.74) is 0.892. The fourth-order valence-electron chi connectivity index (χ4n) is 2.83. The van der Waals surface area contributed by atoms with Crippen LogP contribution < -0.4 is 10.6 Å². The molecule has 1 aliphatic heterocycles. The van der Waals surface area contributed by atoms with E-state index in [1.807, 2.05) is 24.3 Å². The molecule has 3 N–H and O–H groups in total. The molecule has 0 fully saturated rings. The number of carboxylic acids is 1. The summed E-state index contributed by atoms with van der Waals surface area (Å²) in [5.74, 6) is -1.25. The maximum absolute atomic E-state index is 12.6. The van der Waals surface area contributed by atoms with Gasteiger partial charge in [0, 0.05) is 6.54 Å². The molecule has 1 unspecified atom stereocenters. The number of carbonyl (C=O) groups is 2. The molecule has 2 rings (SSSR count). The Balaban J connectivity index is 2.24. The van der Waals surface area contributed by atoms with E-state index in [4.69, 9.17) is 0 Å². The highest BCUT2D eigenvalue weighted by Gasteiger charge is 2.39. The molecule has 5 heteroatoms. The van der Waals surface area contributed by atoms with E-state index in [1.165, 1.54) is 0 Å². The number of rotatable bonds is 5. The molecule has 1 aromatic rings. The minimum atomic E-state index is -1.19. The van der Waals surface area contributed by atoms with E-state index in [2.05, 4.69) is 10.6 Å². The second-order valence-corrected chi connectivity index (χ2v) is 5.42. The topological polar surface area (TPSA) is 78.4 Å². The Hall–Kier alpha value is -1.88. The Morgan fingerprint density at radius 2 is 2.00 bits per heavy atom. The summed E-state index contributed by atoms with van der Waals surface area (Å²) in [7, 11) is 0. The normalized spacial score (nSPS) is 17.9. The maximum Gasteiger partial charge on any atom is 0.329 e. The van der Waals surface area contributed by atoms with Gasteiger partial charge in [-0.05, 0) is 30.4 Å². The standard InChI is InChI=1S/C16H22N2O3/c1-3-16(4-2,15(20)21)18-14(19)13-12-8-6-5-7-11(12)9-10-17-13/h5-8,13,17H,3-4,9-10H2,1-2H3,(H,18,19)(H,20,21). The zero-order valence-electron chi connectivity index (χ0n) is 12.5. The third-order valence-corrected chi connectivity index (χ3v) is 4.35. The number of hydrogen-bond acceptors (Lipinski definition) is 3.